The summed E-state index contributed by atoms with van der Waals surface area (Å²) in [5.41, 5.74) is 0.123. The van der Waals surface area contributed by atoms with Crippen LogP contribution in [0.2, 0.25) is 0 Å². The number of rotatable bonds is 4. The number of hydrogen-bond donors (Lipinski definition) is 1. The lowest BCUT2D eigenvalue weighted by molar-refractivity contribution is -0.385. The Morgan fingerprint density at radius 2 is 2.04 bits per heavy atom. The van der Waals surface area contributed by atoms with E-state index in [9.17, 15) is 14.9 Å². The molecule has 1 aliphatic rings. The van der Waals surface area contributed by atoms with E-state index < -0.39 is 11.0 Å². The first-order valence-corrected chi connectivity index (χ1v) is 6.64. The summed E-state index contributed by atoms with van der Waals surface area (Å²) >= 11 is 0. The predicted molar refractivity (Wildman–Crippen MR) is 77.6 cm³/mol. The molecule has 0 spiro atoms. The first-order chi connectivity index (χ1) is 11.0. The van der Waals surface area contributed by atoms with Crippen molar-refractivity contribution in [2.24, 2.45) is 0 Å². The summed E-state index contributed by atoms with van der Waals surface area (Å²) in [6.45, 7) is 0. The highest BCUT2D eigenvalue weighted by Crippen LogP contribution is 2.40. The number of methoxy groups -OCH3 is 2. The Kier molecular flexibility index (Phi) is 3.56. The fourth-order valence-corrected chi connectivity index (χ4v) is 2.56. The van der Waals surface area contributed by atoms with Crippen LogP contribution in [0.4, 0.5) is 11.6 Å². The highest BCUT2D eigenvalue weighted by molar-refractivity contribution is 5.91. The van der Waals surface area contributed by atoms with Gasteiger partial charge in [-0.05, 0) is 6.07 Å². The number of nitrogens with one attached hydrogen (secondary N) is 1. The molecule has 1 N–H and O–H groups in total. The standard InChI is InChI=1S/C13H13N5O5/c1-22-10-3-7(9(18(20)21)4-11(10)23-2)8-5-12(19)16-13-14-6-15-17(8)13/h3-4,6,8H,5H2,1-2H3,(H,14,15,16,19)/t8-/m0/s1. The number of hydrogen-bond acceptors (Lipinski definition) is 7. The molecule has 2 aromatic rings. The van der Waals surface area contributed by atoms with Crippen LogP contribution in [0.25, 0.3) is 0 Å². The number of carbonyl (C=O) groups is 1. The topological polar surface area (TPSA) is 121 Å². The number of anilines is 1. The van der Waals surface area contributed by atoms with Crippen LogP contribution >= 0.6 is 0 Å². The largest absolute Gasteiger partial charge is 0.493 e. The minimum absolute atomic E-state index is 0.00663. The van der Waals surface area contributed by atoms with Gasteiger partial charge >= 0.3 is 0 Å². The number of amides is 1. The first-order valence-electron chi connectivity index (χ1n) is 6.64. The van der Waals surface area contributed by atoms with Crippen molar-refractivity contribution >= 4 is 17.5 Å². The predicted octanol–water partition coefficient (Wildman–Crippen LogP) is 1.14. The molecule has 23 heavy (non-hydrogen) atoms. The fraction of sp³-hybridized carbons (Fsp3) is 0.308. The fourth-order valence-electron chi connectivity index (χ4n) is 2.56. The molecule has 0 aliphatic carbocycles. The molecule has 0 radical (unpaired) electrons. The monoisotopic (exact) mass is 319 g/mol. The zero-order chi connectivity index (χ0) is 16.6. The third-order valence-corrected chi connectivity index (χ3v) is 3.59. The van der Waals surface area contributed by atoms with Crippen molar-refractivity contribution in [2.75, 3.05) is 19.5 Å². The summed E-state index contributed by atoms with van der Waals surface area (Å²) in [5.74, 6) is 0.526. The molecule has 1 amide bonds. The quantitative estimate of drug-likeness (QED) is 0.662. The second kappa shape index (κ2) is 5.55. The molecule has 0 bridgehead atoms. The number of nitrogens with zero attached hydrogens (tertiary/aromatic N) is 4. The maximum absolute atomic E-state index is 11.8. The normalized spacial score (nSPS) is 16.4. The van der Waals surface area contributed by atoms with E-state index in [0.29, 0.717) is 11.3 Å². The van der Waals surface area contributed by atoms with E-state index in [2.05, 4.69) is 15.4 Å². The zero-order valence-corrected chi connectivity index (χ0v) is 12.3. The van der Waals surface area contributed by atoms with Crippen molar-refractivity contribution in [1.29, 1.82) is 0 Å². The van der Waals surface area contributed by atoms with Gasteiger partial charge in [0.05, 0.1) is 43.2 Å². The van der Waals surface area contributed by atoms with Gasteiger partial charge in [-0.15, -0.1) is 0 Å². The van der Waals surface area contributed by atoms with Crippen molar-refractivity contribution in [3.8, 4) is 11.5 Å². The highest BCUT2D eigenvalue weighted by atomic mass is 16.6. The Balaban J connectivity index is 2.20. The molecule has 0 saturated heterocycles. The average Bonchev–Trinajstić information content (AvgIpc) is 3.00. The molecule has 2 heterocycles. The van der Waals surface area contributed by atoms with Crippen LogP contribution in [0, 0.1) is 10.1 Å². The Hall–Kier alpha value is -3.17. The van der Waals surface area contributed by atoms with Crippen LogP contribution in [0.1, 0.15) is 18.0 Å². The first kappa shape index (κ1) is 14.8. The number of carbonyl (C=O) groups excluding carboxylic acids is 1. The second-order valence-electron chi connectivity index (χ2n) is 4.82. The van der Waals surface area contributed by atoms with Crippen LogP contribution in [-0.4, -0.2) is 39.8 Å². The maximum atomic E-state index is 11.8. The third-order valence-electron chi connectivity index (χ3n) is 3.59. The van der Waals surface area contributed by atoms with E-state index in [-0.39, 0.29) is 29.7 Å². The van der Waals surface area contributed by atoms with Crippen LogP contribution in [0.5, 0.6) is 11.5 Å². The van der Waals surface area contributed by atoms with Gasteiger partial charge in [0.1, 0.15) is 6.33 Å². The number of ether oxygens (including phenoxy) is 2. The van der Waals surface area contributed by atoms with Gasteiger partial charge in [-0.1, -0.05) is 0 Å². The Bertz CT molecular complexity index is 787. The van der Waals surface area contributed by atoms with Crippen LogP contribution in [0.3, 0.4) is 0 Å². The summed E-state index contributed by atoms with van der Waals surface area (Å²) < 4.78 is 11.7. The molecule has 1 atom stereocenters. The van der Waals surface area contributed by atoms with Gasteiger partial charge < -0.3 is 9.47 Å². The van der Waals surface area contributed by atoms with Gasteiger partial charge in [0, 0.05) is 0 Å². The molecule has 0 unspecified atom stereocenters. The molecular weight excluding hydrogens is 306 g/mol. The van der Waals surface area contributed by atoms with E-state index in [1.807, 2.05) is 0 Å². The third kappa shape index (κ3) is 2.43. The van der Waals surface area contributed by atoms with E-state index >= 15 is 0 Å². The van der Waals surface area contributed by atoms with E-state index in [1.165, 1.54) is 37.4 Å². The Morgan fingerprint density at radius 3 is 2.70 bits per heavy atom. The smallest absolute Gasteiger partial charge is 0.278 e. The summed E-state index contributed by atoms with van der Waals surface area (Å²) in [6, 6.07) is 2.12. The van der Waals surface area contributed by atoms with Gasteiger partial charge in [0.15, 0.2) is 11.5 Å². The lowest BCUT2D eigenvalue weighted by Gasteiger charge is -2.24. The van der Waals surface area contributed by atoms with Gasteiger partial charge in [-0.25, -0.2) is 4.68 Å². The van der Waals surface area contributed by atoms with Gasteiger partial charge in [0.2, 0.25) is 11.9 Å². The summed E-state index contributed by atoms with van der Waals surface area (Å²) in [4.78, 5) is 26.7. The van der Waals surface area contributed by atoms with Gasteiger partial charge in [-0.3, -0.25) is 20.2 Å². The molecule has 0 fully saturated rings. The summed E-state index contributed by atoms with van der Waals surface area (Å²) in [7, 11) is 2.83. The van der Waals surface area contributed by atoms with Crippen molar-refractivity contribution in [3.63, 3.8) is 0 Å². The van der Waals surface area contributed by atoms with Crippen molar-refractivity contribution in [3.05, 3.63) is 34.1 Å². The molecule has 1 aromatic carbocycles. The molecule has 1 aliphatic heterocycles. The lowest BCUT2D eigenvalue weighted by Crippen LogP contribution is -2.29. The zero-order valence-electron chi connectivity index (χ0n) is 12.3. The minimum Gasteiger partial charge on any atom is -0.493 e. The molecule has 1 aromatic heterocycles. The number of nitro benzene ring substituents is 1. The maximum Gasteiger partial charge on any atom is 0.278 e. The summed E-state index contributed by atoms with van der Waals surface area (Å²) in [6.07, 6.45) is 1.28. The van der Waals surface area contributed by atoms with Crippen molar-refractivity contribution in [2.45, 2.75) is 12.5 Å². The average molecular weight is 319 g/mol. The number of nitro groups is 1. The number of fused-ring (bicyclic) bond motifs is 1. The van der Waals surface area contributed by atoms with E-state index in [1.54, 1.807) is 0 Å². The van der Waals surface area contributed by atoms with Gasteiger partial charge in [-0.2, -0.15) is 10.1 Å². The number of benzene rings is 1. The Morgan fingerprint density at radius 1 is 1.35 bits per heavy atom. The van der Waals surface area contributed by atoms with E-state index in [0.717, 1.165) is 0 Å². The van der Waals surface area contributed by atoms with E-state index in [4.69, 9.17) is 9.47 Å². The molecular formula is C13H13N5O5. The second-order valence-corrected chi connectivity index (χ2v) is 4.82. The minimum atomic E-state index is -0.651. The lowest BCUT2D eigenvalue weighted by atomic mass is 9.99. The molecule has 10 nitrogen and oxygen atoms in total. The summed E-state index contributed by atoms with van der Waals surface area (Å²) in [5, 5.41) is 18.0. The number of aromatic nitrogens is 3. The molecule has 0 saturated carbocycles. The SMILES string of the molecule is COc1cc([C@@H]2CC(=O)Nc3ncnn32)c([N+](=O)[O-])cc1OC. The van der Waals surface area contributed by atoms with Crippen molar-refractivity contribution in [1.82, 2.24) is 14.8 Å². The molecule has 3 rings (SSSR count). The molecule has 10 heteroatoms. The van der Waals surface area contributed by atoms with Crippen LogP contribution < -0.4 is 14.8 Å². The van der Waals surface area contributed by atoms with Gasteiger partial charge in [0.25, 0.3) is 5.69 Å². The van der Waals surface area contributed by atoms with Crippen LogP contribution in [0.15, 0.2) is 18.5 Å². The molecule has 120 valence electrons. The highest BCUT2D eigenvalue weighted by Gasteiger charge is 2.33. The van der Waals surface area contributed by atoms with Crippen molar-refractivity contribution < 1.29 is 19.2 Å². The Labute approximate surface area is 130 Å². The van der Waals surface area contributed by atoms with Crippen LogP contribution in [-0.2, 0) is 4.79 Å².